The smallest absolute Gasteiger partial charge is 0.222 e. The fourth-order valence-corrected chi connectivity index (χ4v) is 3.69. The van der Waals surface area contributed by atoms with Gasteiger partial charge in [-0.3, -0.25) is 0 Å². The van der Waals surface area contributed by atoms with Gasteiger partial charge in [-0.1, -0.05) is 0 Å². The molecule has 2 aliphatic heterocycles. The van der Waals surface area contributed by atoms with Crippen LogP contribution in [0.25, 0.3) is 0 Å². The van der Waals surface area contributed by atoms with Crippen molar-refractivity contribution in [1.29, 1.82) is 0 Å². The summed E-state index contributed by atoms with van der Waals surface area (Å²) >= 11 is 0. The van der Waals surface area contributed by atoms with Crippen molar-refractivity contribution in [3.05, 3.63) is 11.8 Å². The molecule has 2 fully saturated rings. The molecule has 2 aliphatic rings. The van der Waals surface area contributed by atoms with E-state index in [1.165, 1.54) is 10.6 Å². The van der Waals surface area contributed by atoms with Crippen LogP contribution in [0.1, 0.15) is 18.0 Å². The van der Waals surface area contributed by atoms with Crippen molar-refractivity contribution in [2.75, 3.05) is 56.3 Å². The van der Waals surface area contributed by atoms with Crippen LogP contribution >= 0.6 is 0 Å². The predicted octanol–water partition coefficient (Wildman–Crippen LogP) is -0.356. The van der Waals surface area contributed by atoms with E-state index in [0.717, 1.165) is 24.5 Å². The van der Waals surface area contributed by atoms with Gasteiger partial charge in [0.2, 0.25) is 16.0 Å². The number of nitrogens with two attached hydrogens (primary N) is 1. The van der Waals surface area contributed by atoms with E-state index in [1.54, 1.807) is 0 Å². The molecule has 0 aliphatic carbocycles. The van der Waals surface area contributed by atoms with E-state index in [2.05, 4.69) is 14.9 Å². The van der Waals surface area contributed by atoms with Crippen molar-refractivity contribution in [2.45, 2.75) is 12.3 Å². The molecular weight excluding hydrogens is 306 g/mol. The molecule has 9 heteroatoms. The minimum Gasteiger partial charge on any atom is -0.381 e. The highest BCUT2D eigenvalue weighted by atomic mass is 32.2. The Kier molecular flexibility index (Phi) is 4.20. The molecule has 3 heterocycles. The Hall–Kier alpha value is -1.45. The Morgan fingerprint density at radius 1 is 1.27 bits per heavy atom. The number of nitrogen functional groups attached to an aromatic ring is 1. The van der Waals surface area contributed by atoms with Gasteiger partial charge in [0, 0.05) is 44.8 Å². The average Bonchev–Trinajstić information content (AvgIpc) is 3.00. The van der Waals surface area contributed by atoms with Gasteiger partial charge >= 0.3 is 0 Å². The van der Waals surface area contributed by atoms with Crippen LogP contribution in [0, 0.1) is 0 Å². The molecule has 1 atom stereocenters. The van der Waals surface area contributed by atoms with Gasteiger partial charge in [0.15, 0.2) is 0 Å². The first-order chi connectivity index (χ1) is 10.4. The van der Waals surface area contributed by atoms with Crippen molar-refractivity contribution < 1.29 is 13.2 Å². The first kappa shape index (κ1) is 15.4. The first-order valence-electron chi connectivity index (χ1n) is 7.36. The van der Waals surface area contributed by atoms with E-state index in [0.29, 0.717) is 32.8 Å². The van der Waals surface area contributed by atoms with E-state index < -0.39 is 10.0 Å². The Bertz CT molecular complexity index is 637. The third-order valence-electron chi connectivity index (χ3n) is 4.13. The molecule has 0 unspecified atom stereocenters. The minimum atomic E-state index is -3.13. The summed E-state index contributed by atoms with van der Waals surface area (Å²) in [6.45, 7) is 3.54. The standard InChI is InChI=1S/C13H21N5O3S/c1-22(19,20)18-5-3-17(4-6-18)12-8-11(15-13(14)16-12)10-2-7-21-9-10/h8,10H,2-7,9H2,1H3,(H2,14,15,16)/t10-/m0/s1. The number of rotatable bonds is 3. The summed E-state index contributed by atoms with van der Waals surface area (Å²) in [6.07, 6.45) is 2.18. The molecule has 2 saturated heterocycles. The zero-order valence-electron chi connectivity index (χ0n) is 12.6. The lowest BCUT2D eigenvalue weighted by molar-refractivity contribution is 0.193. The number of anilines is 2. The third kappa shape index (κ3) is 3.31. The number of piperazine rings is 1. The van der Waals surface area contributed by atoms with Crippen LogP contribution in [-0.4, -0.2) is 68.3 Å². The highest BCUT2D eigenvalue weighted by Gasteiger charge is 2.26. The maximum Gasteiger partial charge on any atom is 0.222 e. The van der Waals surface area contributed by atoms with E-state index in [9.17, 15) is 8.42 Å². The van der Waals surface area contributed by atoms with Gasteiger partial charge in [-0.05, 0) is 6.42 Å². The second kappa shape index (κ2) is 5.98. The quantitative estimate of drug-likeness (QED) is 0.809. The molecule has 0 amide bonds. The van der Waals surface area contributed by atoms with Crippen LogP contribution in [0.2, 0.25) is 0 Å². The molecule has 0 aromatic carbocycles. The number of hydrogen-bond donors (Lipinski definition) is 1. The fourth-order valence-electron chi connectivity index (χ4n) is 2.86. The number of nitrogens with zero attached hydrogens (tertiary/aromatic N) is 4. The van der Waals surface area contributed by atoms with E-state index in [-0.39, 0.29) is 11.9 Å². The lowest BCUT2D eigenvalue weighted by atomic mass is 10.0. The average molecular weight is 327 g/mol. The van der Waals surface area contributed by atoms with Crippen LogP contribution in [0.4, 0.5) is 11.8 Å². The van der Waals surface area contributed by atoms with Crippen molar-refractivity contribution >= 4 is 21.8 Å². The monoisotopic (exact) mass is 327 g/mol. The van der Waals surface area contributed by atoms with Crippen LogP contribution in [0.5, 0.6) is 0 Å². The first-order valence-corrected chi connectivity index (χ1v) is 9.20. The molecule has 8 nitrogen and oxygen atoms in total. The van der Waals surface area contributed by atoms with Gasteiger partial charge < -0.3 is 15.4 Å². The number of ether oxygens (including phenoxy) is 1. The Morgan fingerprint density at radius 2 is 2.00 bits per heavy atom. The molecular formula is C13H21N5O3S. The molecule has 22 heavy (non-hydrogen) atoms. The van der Waals surface area contributed by atoms with Gasteiger partial charge in [0.25, 0.3) is 0 Å². The maximum absolute atomic E-state index is 11.6. The lowest BCUT2D eigenvalue weighted by Gasteiger charge is -2.34. The zero-order chi connectivity index (χ0) is 15.7. The minimum absolute atomic E-state index is 0.255. The van der Waals surface area contributed by atoms with Crippen molar-refractivity contribution in [3.8, 4) is 0 Å². The highest BCUT2D eigenvalue weighted by molar-refractivity contribution is 7.88. The summed E-state index contributed by atoms with van der Waals surface area (Å²) in [5.41, 5.74) is 6.74. The van der Waals surface area contributed by atoms with Gasteiger partial charge in [0.1, 0.15) is 5.82 Å². The molecule has 3 rings (SSSR count). The van der Waals surface area contributed by atoms with Crippen LogP contribution < -0.4 is 10.6 Å². The van der Waals surface area contributed by atoms with Gasteiger partial charge in [-0.2, -0.15) is 9.29 Å². The second-order valence-corrected chi connectivity index (χ2v) is 7.70. The third-order valence-corrected chi connectivity index (χ3v) is 5.43. The van der Waals surface area contributed by atoms with Gasteiger partial charge in [-0.15, -0.1) is 0 Å². The zero-order valence-corrected chi connectivity index (χ0v) is 13.4. The summed E-state index contributed by atoms with van der Waals surface area (Å²) in [4.78, 5) is 10.7. The van der Waals surface area contributed by atoms with Crippen molar-refractivity contribution in [3.63, 3.8) is 0 Å². The molecule has 0 spiro atoms. The Balaban J connectivity index is 1.75. The molecule has 0 radical (unpaired) electrons. The molecule has 0 saturated carbocycles. The molecule has 0 bridgehead atoms. The van der Waals surface area contributed by atoms with Crippen molar-refractivity contribution in [2.24, 2.45) is 0 Å². The van der Waals surface area contributed by atoms with Crippen LogP contribution in [0.15, 0.2) is 6.07 Å². The summed E-state index contributed by atoms with van der Waals surface area (Å²) in [5, 5.41) is 0. The van der Waals surface area contributed by atoms with Gasteiger partial charge in [0.05, 0.1) is 18.6 Å². The molecule has 2 N–H and O–H groups in total. The summed E-state index contributed by atoms with van der Waals surface area (Å²) in [6, 6.07) is 1.95. The second-order valence-electron chi connectivity index (χ2n) is 5.72. The van der Waals surface area contributed by atoms with E-state index >= 15 is 0 Å². The van der Waals surface area contributed by atoms with Crippen LogP contribution in [0.3, 0.4) is 0 Å². The Labute approximate surface area is 130 Å². The summed E-state index contributed by atoms with van der Waals surface area (Å²) in [5.74, 6) is 1.29. The normalized spacial score (nSPS) is 23.9. The van der Waals surface area contributed by atoms with Crippen LogP contribution in [-0.2, 0) is 14.8 Å². The molecule has 1 aromatic rings. The van der Waals surface area contributed by atoms with E-state index in [1.807, 2.05) is 6.07 Å². The number of hydrogen-bond acceptors (Lipinski definition) is 7. The number of aromatic nitrogens is 2. The van der Waals surface area contributed by atoms with E-state index in [4.69, 9.17) is 10.5 Å². The largest absolute Gasteiger partial charge is 0.381 e. The highest BCUT2D eigenvalue weighted by Crippen LogP contribution is 2.27. The summed E-state index contributed by atoms with van der Waals surface area (Å²) < 4.78 is 30.0. The lowest BCUT2D eigenvalue weighted by Crippen LogP contribution is -2.48. The van der Waals surface area contributed by atoms with Gasteiger partial charge in [-0.25, -0.2) is 13.4 Å². The number of sulfonamides is 1. The maximum atomic E-state index is 11.6. The molecule has 122 valence electrons. The molecule has 1 aromatic heterocycles. The summed E-state index contributed by atoms with van der Waals surface area (Å²) in [7, 11) is -3.13. The predicted molar refractivity (Wildman–Crippen MR) is 83.3 cm³/mol. The van der Waals surface area contributed by atoms with Crippen molar-refractivity contribution in [1.82, 2.24) is 14.3 Å². The topological polar surface area (TPSA) is 102 Å². The SMILES string of the molecule is CS(=O)(=O)N1CCN(c2cc([C@H]3CCOC3)nc(N)n2)CC1. The Morgan fingerprint density at radius 3 is 2.59 bits per heavy atom. The fraction of sp³-hybridized carbons (Fsp3) is 0.692.